The Morgan fingerprint density at radius 2 is 1.78 bits per heavy atom. The van der Waals surface area contributed by atoms with Gasteiger partial charge in [0.25, 0.3) is 0 Å². The van der Waals surface area contributed by atoms with Crippen LogP contribution in [0.3, 0.4) is 0 Å². The Kier molecular flexibility index (Phi) is 7.05. The van der Waals surface area contributed by atoms with Gasteiger partial charge in [-0.3, -0.25) is 9.59 Å². The van der Waals surface area contributed by atoms with Gasteiger partial charge < -0.3 is 16.8 Å². The van der Waals surface area contributed by atoms with Gasteiger partial charge in [-0.15, -0.1) is 12.4 Å². The Labute approximate surface area is 138 Å². The summed E-state index contributed by atoms with van der Waals surface area (Å²) >= 11 is 0. The van der Waals surface area contributed by atoms with E-state index in [-0.39, 0.29) is 24.5 Å². The molecule has 0 saturated carbocycles. The van der Waals surface area contributed by atoms with Crippen molar-refractivity contribution in [3.8, 4) is 0 Å². The minimum atomic E-state index is -4.57. The molecule has 0 spiro atoms. The topological polar surface area (TPSA) is 98.2 Å². The highest BCUT2D eigenvalue weighted by molar-refractivity contribution is 5.91. The number of nitrogens with two attached hydrogens (primary N) is 2. The van der Waals surface area contributed by atoms with Crippen molar-refractivity contribution in [1.82, 2.24) is 5.32 Å². The van der Waals surface area contributed by atoms with Gasteiger partial charge in [-0.05, 0) is 24.6 Å². The maximum atomic E-state index is 12.8. The van der Waals surface area contributed by atoms with Crippen LogP contribution in [0.5, 0.6) is 0 Å². The van der Waals surface area contributed by atoms with Gasteiger partial charge in [-0.2, -0.15) is 13.2 Å². The number of alkyl halides is 3. The van der Waals surface area contributed by atoms with Crippen LogP contribution >= 0.6 is 12.4 Å². The van der Waals surface area contributed by atoms with Crippen molar-refractivity contribution >= 4 is 24.2 Å². The summed E-state index contributed by atoms with van der Waals surface area (Å²) in [5, 5.41) is 2.38. The molecule has 2 atom stereocenters. The lowest BCUT2D eigenvalue weighted by atomic mass is 9.89. The summed E-state index contributed by atoms with van der Waals surface area (Å²) in [5.74, 6) is -2.14. The number of hydrogen-bond donors (Lipinski definition) is 3. The summed E-state index contributed by atoms with van der Waals surface area (Å²) in [6.07, 6.45) is -4.57. The zero-order chi connectivity index (χ0) is 17.1. The predicted octanol–water partition coefficient (Wildman–Crippen LogP) is 1.54. The zero-order valence-electron chi connectivity index (χ0n) is 12.6. The quantitative estimate of drug-likeness (QED) is 0.748. The monoisotopic (exact) mass is 353 g/mol. The fraction of sp³-hybridized carbons (Fsp3) is 0.429. The van der Waals surface area contributed by atoms with E-state index in [0.29, 0.717) is 0 Å². The van der Waals surface area contributed by atoms with E-state index in [1.807, 2.05) is 0 Å². The highest BCUT2D eigenvalue weighted by Crippen LogP contribution is 2.32. The van der Waals surface area contributed by atoms with Gasteiger partial charge in [0.05, 0.1) is 5.56 Å². The van der Waals surface area contributed by atoms with E-state index in [1.165, 1.54) is 19.9 Å². The largest absolute Gasteiger partial charge is 0.416 e. The van der Waals surface area contributed by atoms with Crippen LogP contribution in [0.2, 0.25) is 0 Å². The van der Waals surface area contributed by atoms with Crippen LogP contribution in [0.1, 0.15) is 25.0 Å². The number of primary amides is 1. The van der Waals surface area contributed by atoms with E-state index in [1.54, 1.807) is 0 Å². The lowest BCUT2D eigenvalue weighted by Gasteiger charge is -2.29. The number of hydrogen-bond acceptors (Lipinski definition) is 3. The van der Waals surface area contributed by atoms with Crippen LogP contribution in [-0.4, -0.2) is 18.4 Å². The van der Waals surface area contributed by atoms with Crippen molar-refractivity contribution in [2.75, 3.05) is 6.54 Å². The third kappa shape index (κ3) is 4.84. The fourth-order valence-electron chi connectivity index (χ4n) is 1.76. The highest BCUT2D eigenvalue weighted by Gasteiger charge is 2.38. The molecule has 1 aromatic carbocycles. The Morgan fingerprint density at radius 3 is 2.22 bits per heavy atom. The Hall–Kier alpha value is -1.80. The second-order valence-electron chi connectivity index (χ2n) is 5.19. The van der Waals surface area contributed by atoms with E-state index in [2.05, 4.69) is 5.32 Å². The molecular weight excluding hydrogens is 335 g/mol. The van der Waals surface area contributed by atoms with E-state index in [4.69, 9.17) is 11.5 Å². The van der Waals surface area contributed by atoms with Crippen LogP contribution in [0.25, 0.3) is 0 Å². The molecule has 0 aliphatic rings. The van der Waals surface area contributed by atoms with Gasteiger partial charge in [-0.25, -0.2) is 0 Å². The number of amides is 2. The average Bonchev–Trinajstić information content (AvgIpc) is 2.45. The van der Waals surface area contributed by atoms with Gasteiger partial charge in [0.2, 0.25) is 11.8 Å². The minimum absolute atomic E-state index is 0. The molecule has 5 nitrogen and oxygen atoms in total. The van der Waals surface area contributed by atoms with Crippen molar-refractivity contribution < 1.29 is 22.8 Å². The van der Waals surface area contributed by atoms with E-state index >= 15 is 0 Å². The van der Waals surface area contributed by atoms with E-state index in [0.717, 1.165) is 18.2 Å². The minimum Gasteiger partial charge on any atom is -0.367 e. The lowest BCUT2D eigenvalue weighted by molar-refractivity contribution is -0.138. The van der Waals surface area contributed by atoms with Gasteiger partial charge in [0.1, 0.15) is 5.54 Å². The molecule has 0 radical (unpaired) electrons. The molecular formula is C14H19ClF3N3O2. The molecule has 2 unspecified atom stereocenters. The molecule has 0 bridgehead atoms. The molecule has 2 amide bonds. The van der Waals surface area contributed by atoms with Crippen molar-refractivity contribution in [2.24, 2.45) is 17.4 Å². The number of carbonyl (C=O) groups is 2. The second kappa shape index (κ2) is 7.65. The number of rotatable bonds is 5. The van der Waals surface area contributed by atoms with Crippen LogP contribution < -0.4 is 16.8 Å². The van der Waals surface area contributed by atoms with Crippen LogP contribution in [0, 0.1) is 5.92 Å². The SMILES string of the molecule is CC(CN)C(=O)NC(C)(C(N)=O)c1cccc(C(F)(F)F)c1.Cl. The van der Waals surface area contributed by atoms with Crippen molar-refractivity contribution in [1.29, 1.82) is 0 Å². The predicted molar refractivity (Wildman–Crippen MR) is 81.6 cm³/mol. The molecule has 9 heteroatoms. The van der Waals surface area contributed by atoms with Crippen LogP contribution in [0.4, 0.5) is 13.2 Å². The second-order valence-corrected chi connectivity index (χ2v) is 5.19. The molecule has 0 aliphatic heterocycles. The number of benzene rings is 1. The van der Waals surface area contributed by atoms with E-state index in [9.17, 15) is 22.8 Å². The maximum Gasteiger partial charge on any atom is 0.416 e. The first kappa shape index (κ1) is 21.2. The summed E-state index contributed by atoms with van der Waals surface area (Å²) in [4.78, 5) is 23.7. The number of nitrogens with one attached hydrogen (secondary N) is 1. The number of halogens is 4. The van der Waals surface area contributed by atoms with Gasteiger partial charge in [0, 0.05) is 12.5 Å². The average molecular weight is 354 g/mol. The summed E-state index contributed by atoms with van der Waals surface area (Å²) in [7, 11) is 0. The Bertz CT molecular complexity index is 581. The molecule has 130 valence electrons. The van der Waals surface area contributed by atoms with Gasteiger partial charge in [-0.1, -0.05) is 19.1 Å². The van der Waals surface area contributed by atoms with Crippen molar-refractivity contribution in [2.45, 2.75) is 25.6 Å². The smallest absolute Gasteiger partial charge is 0.367 e. The third-order valence-electron chi connectivity index (χ3n) is 3.43. The Morgan fingerprint density at radius 1 is 1.26 bits per heavy atom. The van der Waals surface area contributed by atoms with Crippen molar-refractivity contribution in [3.05, 3.63) is 35.4 Å². The molecule has 0 saturated heterocycles. The molecule has 23 heavy (non-hydrogen) atoms. The first-order valence-corrected chi connectivity index (χ1v) is 6.52. The summed E-state index contributed by atoms with van der Waals surface area (Å²) < 4.78 is 38.3. The molecule has 1 aromatic rings. The summed E-state index contributed by atoms with van der Waals surface area (Å²) in [6, 6.07) is 4.11. The van der Waals surface area contributed by atoms with Gasteiger partial charge in [0.15, 0.2) is 0 Å². The third-order valence-corrected chi connectivity index (χ3v) is 3.43. The Balaban J connectivity index is 0.00000484. The summed E-state index contributed by atoms with van der Waals surface area (Å²) in [6.45, 7) is 2.82. The fourth-order valence-corrected chi connectivity index (χ4v) is 1.76. The summed E-state index contributed by atoms with van der Waals surface area (Å²) in [5.41, 5.74) is 7.91. The molecule has 0 aliphatic carbocycles. The lowest BCUT2D eigenvalue weighted by Crippen LogP contribution is -2.54. The standard InChI is InChI=1S/C14H18F3N3O2.ClH/c1-8(7-18)11(21)20-13(2,12(19)22)9-4-3-5-10(6-9)14(15,16)17;/h3-6,8H,7,18H2,1-2H3,(H2,19,22)(H,20,21);1H. The van der Waals surface area contributed by atoms with Crippen molar-refractivity contribution in [3.63, 3.8) is 0 Å². The molecule has 0 fully saturated rings. The molecule has 0 aromatic heterocycles. The van der Waals surface area contributed by atoms with Gasteiger partial charge >= 0.3 is 6.18 Å². The first-order chi connectivity index (χ1) is 10.0. The molecule has 5 N–H and O–H groups in total. The highest BCUT2D eigenvalue weighted by atomic mass is 35.5. The zero-order valence-corrected chi connectivity index (χ0v) is 13.4. The van der Waals surface area contributed by atoms with Crippen LogP contribution in [0.15, 0.2) is 24.3 Å². The normalized spacial score (nSPS) is 15.0. The molecule has 0 heterocycles. The number of carbonyl (C=O) groups excluding carboxylic acids is 2. The first-order valence-electron chi connectivity index (χ1n) is 6.52. The maximum absolute atomic E-state index is 12.8. The van der Waals surface area contributed by atoms with E-state index < -0.39 is 35.0 Å². The molecule has 1 rings (SSSR count). The van der Waals surface area contributed by atoms with Crippen LogP contribution in [-0.2, 0) is 21.3 Å².